The van der Waals surface area contributed by atoms with E-state index in [1.807, 2.05) is 20.8 Å². The topological polar surface area (TPSA) is 46.6 Å². The quantitative estimate of drug-likeness (QED) is 0.597. The first-order valence-electron chi connectivity index (χ1n) is 8.00. The van der Waals surface area contributed by atoms with Crippen LogP contribution in [-0.2, 0) is 9.53 Å². The van der Waals surface area contributed by atoms with Crippen molar-refractivity contribution >= 4 is 34.5 Å². The highest BCUT2D eigenvalue weighted by Crippen LogP contribution is 2.35. The number of ketones is 1. The second-order valence-electron chi connectivity index (χ2n) is 7.27. The maximum atomic E-state index is 12.7. The molecule has 0 unspecified atom stereocenters. The molecule has 126 valence electrons. The number of amides is 1. The number of carbonyl (C=O) groups is 2. The van der Waals surface area contributed by atoms with Gasteiger partial charge < -0.3 is 4.74 Å². The number of nitrogens with zero attached hydrogens (tertiary/aromatic N) is 1. The smallest absolute Gasteiger partial charge is 0.414 e. The van der Waals surface area contributed by atoms with E-state index >= 15 is 0 Å². The highest BCUT2D eigenvalue weighted by atomic mass is 127. The Kier molecular flexibility index (Phi) is 6.89. The molecule has 1 heterocycles. The van der Waals surface area contributed by atoms with Gasteiger partial charge in [0.25, 0.3) is 0 Å². The van der Waals surface area contributed by atoms with Crippen molar-refractivity contribution in [2.24, 2.45) is 5.92 Å². The number of hydrogen-bond acceptors (Lipinski definition) is 3. The van der Waals surface area contributed by atoms with Crippen LogP contribution < -0.4 is 0 Å². The average Bonchev–Trinajstić information content (AvgIpc) is 2.32. The van der Waals surface area contributed by atoms with Crippen LogP contribution in [0.1, 0.15) is 67.2 Å². The van der Waals surface area contributed by atoms with Gasteiger partial charge in [-0.1, -0.05) is 27.2 Å². The molecule has 1 amide bonds. The Hall–Kier alpha value is -0.590. The molecule has 1 atom stereocenters. The summed E-state index contributed by atoms with van der Waals surface area (Å²) in [6, 6.07) is -0.0950. The normalized spacial score (nSPS) is 19.9. The van der Waals surface area contributed by atoms with Crippen LogP contribution in [-0.4, -0.2) is 28.4 Å². The third-order valence-corrected chi connectivity index (χ3v) is 4.62. The second kappa shape index (κ2) is 7.79. The largest absolute Gasteiger partial charge is 0.443 e. The molecule has 1 rings (SSSR count). The van der Waals surface area contributed by atoms with E-state index in [2.05, 4.69) is 43.4 Å². The standard InChI is InChI=1S/C17H28INO3/c1-7-8-13-15(18)14(20)10-12(9-11(2)3)19(13)16(21)22-17(4,5)6/h11-12H,7-10H2,1-6H3/t12-/m0/s1. The fourth-order valence-electron chi connectivity index (χ4n) is 2.65. The lowest BCUT2D eigenvalue weighted by Crippen LogP contribution is -2.47. The van der Waals surface area contributed by atoms with E-state index in [1.165, 1.54) is 0 Å². The summed E-state index contributed by atoms with van der Waals surface area (Å²) < 4.78 is 6.27. The molecule has 0 saturated carbocycles. The Labute approximate surface area is 147 Å². The predicted molar refractivity (Wildman–Crippen MR) is 96.9 cm³/mol. The van der Waals surface area contributed by atoms with Gasteiger partial charge in [0.2, 0.25) is 0 Å². The van der Waals surface area contributed by atoms with Crippen molar-refractivity contribution in [3.05, 3.63) is 9.28 Å². The summed E-state index contributed by atoms with van der Waals surface area (Å²) in [5.74, 6) is 0.566. The summed E-state index contributed by atoms with van der Waals surface area (Å²) in [5, 5.41) is 0. The van der Waals surface area contributed by atoms with Crippen molar-refractivity contribution in [1.82, 2.24) is 4.90 Å². The van der Waals surface area contributed by atoms with Gasteiger partial charge in [0.05, 0.1) is 3.58 Å². The third-order valence-electron chi connectivity index (χ3n) is 3.40. The molecule has 0 spiro atoms. The van der Waals surface area contributed by atoms with Crippen LogP contribution in [0, 0.1) is 5.92 Å². The number of allylic oxidation sites excluding steroid dienone is 2. The highest BCUT2D eigenvalue weighted by Gasteiger charge is 2.38. The van der Waals surface area contributed by atoms with Gasteiger partial charge in [-0.2, -0.15) is 0 Å². The number of ether oxygens (including phenoxy) is 1. The van der Waals surface area contributed by atoms with E-state index in [0.29, 0.717) is 15.9 Å². The highest BCUT2D eigenvalue weighted by molar-refractivity contribution is 14.1. The fourth-order valence-corrected chi connectivity index (χ4v) is 3.40. The zero-order valence-electron chi connectivity index (χ0n) is 14.5. The van der Waals surface area contributed by atoms with Gasteiger partial charge in [0, 0.05) is 18.2 Å². The van der Waals surface area contributed by atoms with E-state index < -0.39 is 5.60 Å². The molecule has 0 aliphatic carbocycles. The van der Waals surface area contributed by atoms with Crippen molar-refractivity contribution in [1.29, 1.82) is 0 Å². The van der Waals surface area contributed by atoms with Gasteiger partial charge >= 0.3 is 6.09 Å². The van der Waals surface area contributed by atoms with Crippen LogP contribution in [0.4, 0.5) is 4.79 Å². The van der Waals surface area contributed by atoms with Crippen molar-refractivity contribution in [3.8, 4) is 0 Å². The van der Waals surface area contributed by atoms with E-state index in [9.17, 15) is 9.59 Å². The van der Waals surface area contributed by atoms with Gasteiger partial charge in [-0.25, -0.2) is 4.79 Å². The van der Waals surface area contributed by atoms with E-state index in [0.717, 1.165) is 25.0 Å². The molecule has 0 radical (unpaired) electrons. The molecule has 22 heavy (non-hydrogen) atoms. The maximum absolute atomic E-state index is 12.7. The summed E-state index contributed by atoms with van der Waals surface area (Å²) in [7, 11) is 0. The van der Waals surface area contributed by atoms with Crippen LogP contribution in [0.15, 0.2) is 9.28 Å². The summed E-state index contributed by atoms with van der Waals surface area (Å²) in [6.07, 6.45) is 2.48. The van der Waals surface area contributed by atoms with Crippen LogP contribution in [0.25, 0.3) is 0 Å². The third kappa shape index (κ3) is 5.25. The first-order valence-corrected chi connectivity index (χ1v) is 9.08. The Morgan fingerprint density at radius 2 is 2.00 bits per heavy atom. The monoisotopic (exact) mass is 421 g/mol. The molecule has 0 saturated heterocycles. The first-order chi connectivity index (χ1) is 10.1. The molecule has 0 fully saturated rings. The van der Waals surface area contributed by atoms with Gasteiger partial charge in [0.1, 0.15) is 5.60 Å². The number of halogens is 1. The Balaban J connectivity index is 3.19. The molecule has 0 aromatic rings. The molecule has 0 aromatic carbocycles. The Morgan fingerprint density at radius 1 is 1.41 bits per heavy atom. The van der Waals surface area contributed by atoms with Crippen molar-refractivity contribution < 1.29 is 14.3 Å². The van der Waals surface area contributed by atoms with Crippen molar-refractivity contribution in [3.63, 3.8) is 0 Å². The fraction of sp³-hybridized carbons (Fsp3) is 0.765. The molecule has 1 aliphatic rings. The zero-order valence-corrected chi connectivity index (χ0v) is 16.7. The lowest BCUT2D eigenvalue weighted by atomic mass is 9.93. The minimum atomic E-state index is -0.538. The van der Waals surface area contributed by atoms with Crippen LogP contribution in [0.3, 0.4) is 0 Å². The van der Waals surface area contributed by atoms with Gasteiger partial charge in [-0.3, -0.25) is 9.69 Å². The average molecular weight is 421 g/mol. The van der Waals surface area contributed by atoms with Crippen LogP contribution in [0.5, 0.6) is 0 Å². The Bertz CT molecular complexity index is 463. The second-order valence-corrected chi connectivity index (χ2v) is 8.35. The molecule has 1 aliphatic heterocycles. The maximum Gasteiger partial charge on any atom is 0.414 e. The van der Waals surface area contributed by atoms with Gasteiger partial charge in [0.15, 0.2) is 5.78 Å². The van der Waals surface area contributed by atoms with Gasteiger partial charge in [-0.05, 0) is 62.1 Å². The molecule has 0 bridgehead atoms. The summed E-state index contributed by atoms with van der Waals surface area (Å²) in [5.41, 5.74) is 0.295. The molecule has 5 heteroatoms. The lowest BCUT2D eigenvalue weighted by Gasteiger charge is -2.39. The Morgan fingerprint density at radius 3 is 2.45 bits per heavy atom. The molecule has 0 aromatic heterocycles. The van der Waals surface area contributed by atoms with Crippen molar-refractivity contribution in [2.45, 2.75) is 78.9 Å². The lowest BCUT2D eigenvalue weighted by molar-refractivity contribution is -0.116. The first kappa shape index (κ1) is 19.5. The van der Waals surface area contributed by atoms with E-state index in [-0.39, 0.29) is 17.9 Å². The summed E-state index contributed by atoms with van der Waals surface area (Å²) in [4.78, 5) is 26.7. The van der Waals surface area contributed by atoms with E-state index in [1.54, 1.807) is 4.90 Å². The number of hydrogen-bond donors (Lipinski definition) is 0. The number of rotatable bonds is 4. The van der Waals surface area contributed by atoms with E-state index in [4.69, 9.17) is 4.74 Å². The predicted octanol–water partition coefficient (Wildman–Crippen LogP) is 5.06. The molecule has 0 N–H and O–H groups in total. The number of Topliss-reactive ketones (excluding diaryl/α,β-unsaturated/α-hetero) is 1. The molecular weight excluding hydrogens is 393 g/mol. The number of carbonyl (C=O) groups excluding carboxylic acids is 2. The van der Waals surface area contributed by atoms with Gasteiger partial charge in [-0.15, -0.1) is 0 Å². The van der Waals surface area contributed by atoms with Crippen molar-refractivity contribution in [2.75, 3.05) is 0 Å². The van der Waals surface area contributed by atoms with Crippen LogP contribution in [0.2, 0.25) is 0 Å². The molecular formula is C17H28INO3. The van der Waals surface area contributed by atoms with Crippen LogP contribution >= 0.6 is 22.6 Å². The SMILES string of the molecule is CCCC1=C(I)C(=O)C[C@H](CC(C)C)N1C(=O)OC(C)(C)C. The minimum Gasteiger partial charge on any atom is -0.443 e. The summed E-state index contributed by atoms with van der Waals surface area (Å²) in [6.45, 7) is 11.9. The minimum absolute atomic E-state index is 0.0950. The molecule has 4 nitrogen and oxygen atoms in total. The summed E-state index contributed by atoms with van der Waals surface area (Å²) >= 11 is 2.08. The zero-order chi connectivity index (χ0) is 17.1.